The SMILES string of the molecule is CC(C)(O)C1=CC2=C[C@@H]3OC(=O)[C@]4(C)CCC[C@@](C)([C@@H]2CC1)[C@H]34. The zero-order valence-corrected chi connectivity index (χ0v) is 14.7. The molecular weight excluding hydrogens is 288 g/mol. The third-order valence-corrected chi connectivity index (χ3v) is 7.23. The first-order valence-electron chi connectivity index (χ1n) is 9.02. The highest BCUT2D eigenvalue weighted by molar-refractivity contribution is 5.80. The lowest BCUT2D eigenvalue weighted by Crippen LogP contribution is -2.53. The lowest BCUT2D eigenvalue weighted by molar-refractivity contribution is -0.148. The number of ether oxygens (including phenoxy) is 1. The lowest BCUT2D eigenvalue weighted by Gasteiger charge is -2.55. The van der Waals surface area contributed by atoms with Gasteiger partial charge in [-0.3, -0.25) is 4.79 Å². The van der Waals surface area contributed by atoms with E-state index in [-0.39, 0.29) is 22.9 Å². The summed E-state index contributed by atoms with van der Waals surface area (Å²) in [4.78, 5) is 12.5. The average molecular weight is 316 g/mol. The molecule has 0 bridgehead atoms. The number of aliphatic hydroxyl groups is 1. The van der Waals surface area contributed by atoms with Crippen LogP contribution in [0.4, 0.5) is 0 Å². The molecule has 1 aliphatic heterocycles. The van der Waals surface area contributed by atoms with Crippen molar-refractivity contribution in [3.63, 3.8) is 0 Å². The van der Waals surface area contributed by atoms with Gasteiger partial charge in [0.05, 0.1) is 11.0 Å². The zero-order chi connectivity index (χ0) is 16.6. The molecule has 0 aromatic carbocycles. The minimum Gasteiger partial charge on any atom is -0.457 e. The van der Waals surface area contributed by atoms with E-state index in [1.165, 1.54) is 12.0 Å². The maximum Gasteiger partial charge on any atom is 0.312 e. The first kappa shape index (κ1) is 15.4. The van der Waals surface area contributed by atoms with Crippen LogP contribution in [0.2, 0.25) is 0 Å². The maximum atomic E-state index is 12.5. The van der Waals surface area contributed by atoms with Gasteiger partial charge in [-0.25, -0.2) is 0 Å². The summed E-state index contributed by atoms with van der Waals surface area (Å²) in [6, 6.07) is 0. The minimum absolute atomic E-state index is 0.000568. The summed E-state index contributed by atoms with van der Waals surface area (Å²) in [5.74, 6) is 0.798. The highest BCUT2D eigenvalue weighted by atomic mass is 16.6. The number of allylic oxidation sites excluding steroid dienone is 2. The average Bonchev–Trinajstić information content (AvgIpc) is 2.70. The maximum absolute atomic E-state index is 12.5. The van der Waals surface area contributed by atoms with E-state index in [0.717, 1.165) is 31.3 Å². The fraction of sp³-hybridized carbons (Fsp3) is 0.750. The van der Waals surface area contributed by atoms with Crippen LogP contribution in [0.25, 0.3) is 0 Å². The lowest BCUT2D eigenvalue weighted by atomic mass is 9.47. The second-order valence-electron chi connectivity index (χ2n) is 9.11. The number of carbonyl (C=O) groups is 1. The summed E-state index contributed by atoms with van der Waals surface area (Å²) >= 11 is 0. The topological polar surface area (TPSA) is 46.5 Å². The van der Waals surface area contributed by atoms with Crippen LogP contribution in [0.5, 0.6) is 0 Å². The fourth-order valence-corrected chi connectivity index (χ4v) is 6.08. The molecule has 4 rings (SSSR count). The molecule has 1 saturated heterocycles. The van der Waals surface area contributed by atoms with Crippen molar-refractivity contribution in [1.82, 2.24) is 0 Å². The Kier molecular flexibility index (Phi) is 3.02. The molecule has 23 heavy (non-hydrogen) atoms. The van der Waals surface area contributed by atoms with Crippen LogP contribution in [-0.4, -0.2) is 22.8 Å². The Morgan fingerprint density at radius 1 is 1.30 bits per heavy atom. The van der Waals surface area contributed by atoms with Crippen molar-refractivity contribution >= 4 is 5.97 Å². The Morgan fingerprint density at radius 2 is 2.04 bits per heavy atom. The Bertz CT molecular complexity index is 623. The fourth-order valence-electron chi connectivity index (χ4n) is 6.08. The van der Waals surface area contributed by atoms with Crippen LogP contribution in [0, 0.1) is 22.7 Å². The van der Waals surface area contributed by atoms with Crippen molar-refractivity contribution in [2.24, 2.45) is 22.7 Å². The number of rotatable bonds is 1. The van der Waals surface area contributed by atoms with Crippen LogP contribution in [0.15, 0.2) is 23.3 Å². The van der Waals surface area contributed by atoms with Crippen LogP contribution in [0.3, 0.4) is 0 Å². The van der Waals surface area contributed by atoms with Crippen LogP contribution < -0.4 is 0 Å². The van der Waals surface area contributed by atoms with Gasteiger partial charge in [0, 0.05) is 5.92 Å². The van der Waals surface area contributed by atoms with Crippen molar-refractivity contribution in [1.29, 1.82) is 0 Å². The summed E-state index contributed by atoms with van der Waals surface area (Å²) in [5, 5.41) is 10.4. The third-order valence-electron chi connectivity index (χ3n) is 7.23. The van der Waals surface area contributed by atoms with E-state index in [2.05, 4.69) is 26.0 Å². The molecule has 0 spiro atoms. The largest absolute Gasteiger partial charge is 0.457 e. The Morgan fingerprint density at radius 3 is 2.74 bits per heavy atom. The predicted molar refractivity (Wildman–Crippen MR) is 88.6 cm³/mol. The van der Waals surface area contributed by atoms with E-state index >= 15 is 0 Å². The number of fused-ring (bicyclic) bond motifs is 2. The van der Waals surface area contributed by atoms with Gasteiger partial charge in [0.25, 0.3) is 0 Å². The smallest absolute Gasteiger partial charge is 0.312 e. The van der Waals surface area contributed by atoms with Crippen LogP contribution in [-0.2, 0) is 9.53 Å². The van der Waals surface area contributed by atoms with E-state index < -0.39 is 5.60 Å². The first-order valence-corrected chi connectivity index (χ1v) is 9.02. The minimum atomic E-state index is -0.767. The molecule has 4 aliphatic rings. The van der Waals surface area contributed by atoms with Crippen LogP contribution in [0.1, 0.15) is 59.8 Å². The Balaban J connectivity index is 1.82. The van der Waals surface area contributed by atoms with Gasteiger partial charge in [-0.05, 0) is 75.0 Å². The van der Waals surface area contributed by atoms with E-state index in [1.54, 1.807) is 0 Å². The molecule has 1 N–H and O–H groups in total. The van der Waals surface area contributed by atoms with Gasteiger partial charge >= 0.3 is 5.97 Å². The molecule has 0 aromatic heterocycles. The molecule has 2 fully saturated rings. The van der Waals surface area contributed by atoms with E-state index in [1.807, 2.05) is 13.8 Å². The second-order valence-corrected chi connectivity index (χ2v) is 9.11. The summed E-state index contributed by atoms with van der Waals surface area (Å²) in [7, 11) is 0. The monoisotopic (exact) mass is 316 g/mol. The Labute approximate surface area is 138 Å². The van der Waals surface area contributed by atoms with Gasteiger partial charge in [0.2, 0.25) is 0 Å². The van der Waals surface area contributed by atoms with Crippen molar-refractivity contribution in [2.75, 3.05) is 0 Å². The van der Waals surface area contributed by atoms with Crippen LogP contribution >= 0.6 is 0 Å². The zero-order valence-electron chi connectivity index (χ0n) is 14.7. The summed E-state index contributed by atoms with van der Waals surface area (Å²) in [5.41, 5.74) is 1.45. The van der Waals surface area contributed by atoms with Crippen molar-refractivity contribution < 1.29 is 14.6 Å². The quantitative estimate of drug-likeness (QED) is 0.749. The number of esters is 1. The van der Waals surface area contributed by atoms with Gasteiger partial charge in [0.15, 0.2) is 0 Å². The first-order chi connectivity index (χ1) is 10.7. The molecule has 0 aromatic rings. The molecule has 3 heteroatoms. The number of hydrogen-bond acceptors (Lipinski definition) is 3. The number of hydrogen-bond donors (Lipinski definition) is 1. The van der Waals surface area contributed by atoms with Gasteiger partial charge in [-0.2, -0.15) is 0 Å². The van der Waals surface area contributed by atoms with E-state index in [0.29, 0.717) is 11.8 Å². The van der Waals surface area contributed by atoms with Gasteiger partial charge in [0.1, 0.15) is 6.10 Å². The molecule has 0 unspecified atom stereocenters. The molecule has 3 nitrogen and oxygen atoms in total. The molecule has 5 atom stereocenters. The van der Waals surface area contributed by atoms with Crippen molar-refractivity contribution in [2.45, 2.75) is 71.5 Å². The molecular formula is C20H28O3. The predicted octanol–water partition coefficient (Wildman–Crippen LogP) is 3.77. The molecule has 0 amide bonds. The summed E-state index contributed by atoms with van der Waals surface area (Å²) < 4.78 is 5.81. The molecule has 126 valence electrons. The molecule has 0 radical (unpaired) electrons. The van der Waals surface area contributed by atoms with Crippen molar-refractivity contribution in [3.8, 4) is 0 Å². The normalized spacial score (nSPS) is 45.6. The standard InChI is InChI=1S/C20H28O3/c1-18(2,22)13-6-7-14-12(10-13)11-15-16-19(14,3)8-5-9-20(16,4)17(21)23-15/h10-11,14-16,22H,5-9H2,1-4H3/t14-,15+,16+,19+,20-/m1/s1. The highest BCUT2D eigenvalue weighted by Crippen LogP contribution is 2.65. The van der Waals surface area contributed by atoms with Gasteiger partial charge in [-0.15, -0.1) is 0 Å². The highest BCUT2D eigenvalue weighted by Gasteiger charge is 2.65. The Hall–Kier alpha value is -1.09. The summed E-state index contributed by atoms with van der Waals surface area (Å²) in [6.45, 7) is 8.22. The summed E-state index contributed by atoms with van der Waals surface area (Å²) in [6.07, 6.45) is 9.57. The van der Waals surface area contributed by atoms with Gasteiger partial charge < -0.3 is 9.84 Å². The molecule has 1 heterocycles. The molecule has 3 aliphatic carbocycles. The number of carbonyl (C=O) groups excluding carboxylic acids is 1. The second kappa shape index (κ2) is 4.50. The van der Waals surface area contributed by atoms with Crippen molar-refractivity contribution in [3.05, 3.63) is 23.3 Å². The van der Waals surface area contributed by atoms with E-state index in [9.17, 15) is 9.90 Å². The molecule has 1 saturated carbocycles. The van der Waals surface area contributed by atoms with E-state index in [4.69, 9.17) is 4.74 Å². The van der Waals surface area contributed by atoms with Gasteiger partial charge in [-0.1, -0.05) is 19.4 Å². The third kappa shape index (κ3) is 1.95.